The zero-order valence-corrected chi connectivity index (χ0v) is 10.5. The summed E-state index contributed by atoms with van der Waals surface area (Å²) in [6.07, 6.45) is 2.68. The second kappa shape index (κ2) is 5.92. The van der Waals surface area contributed by atoms with Crippen LogP contribution < -0.4 is 5.73 Å². The average Bonchev–Trinajstić information content (AvgIpc) is 2.25. The molecule has 0 bridgehead atoms. The Morgan fingerprint density at radius 1 is 1.44 bits per heavy atom. The Bertz CT molecular complexity index is 339. The number of nitrogens with two attached hydrogens (primary N) is 1. The number of aryl methyl sites for hydroxylation is 1. The highest BCUT2D eigenvalue weighted by Gasteiger charge is 2.14. The fraction of sp³-hybridized carbons (Fsp3) is 0.667. The van der Waals surface area contributed by atoms with Crippen LogP contribution in [0.25, 0.3) is 0 Å². The molecule has 1 heterocycles. The minimum Gasteiger partial charge on any atom is -0.371 e. The lowest BCUT2D eigenvalue weighted by atomic mass is 10.1. The van der Waals surface area contributed by atoms with E-state index in [0.29, 0.717) is 6.61 Å². The molecule has 0 saturated heterocycles. The van der Waals surface area contributed by atoms with Gasteiger partial charge in [0.25, 0.3) is 0 Å². The molecule has 1 unspecified atom stereocenters. The van der Waals surface area contributed by atoms with Crippen molar-refractivity contribution >= 4 is 0 Å². The van der Waals surface area contributed by atoms with Crippen molar-refractivity contribution in [2.75, 3.05) is 6.61 Å². The van der Waals surface area contributed by atoms with E-state index >= 15 is 0 Å². The normalized spacial score (nSPS) is 14.8. The van der Waals surface area contributed by atoms with Crippen LogP contribution in [-0.2, 0) is 4.74 Å². The first kappa shape index (κ1) is 13.1. The molecule has 0 aromatic carbocycles. The quantitative estimate of drug-likeness (QED) is 0.832. The van der Waals surface area contributed by atoms with Crippen molar-refractivity contribution in [2.45, 2.75) is 46.3 Å². The van der Waals surface area contributed by atoms with Crippen LogP contribution in [0.15, 0.2) is 6.20 Å². The van der Waals surface area contributed by atoms with Crippen molar-refractivity contribution in [3.63, 3.8) is 0 Å². The van der Waals surface area contributed by atoms with Crippen LogP contribution in [0.3, 0.4) is 0 Å². The first-order valence-corrected chi connectivity index (χ1v) is 5.80. The number of rotatable bonds is 5. The summed E-state index contributed by atoms with van der Waals surface area (Å²) in [7, 11) is 0. The van der Waals surface area contributed by atoms with E-state index in [0.717, 1.165) is 23.5 Å². The molecular formula is C12H21N3O. The summed E-state index contributed by atoms with van der Waals surface area (Å²) in [6.45, 7) is 8.62. The van der Waals surface area contributed by atoms with Gasteiger partial charge in [-0.3, -0.25) is 0 Å². The van der Waals surface area contributed by atoms with E-state index in [9.17, 15) is 0 Å². The topological polar surface area (TPSA) is 61.0 Å². The molecule has 0 saturated carbocycles. The summed E-state index contributed by atoms with van der Waals surface area (Å²) < 4.78 is 5.58. The van der Waals surface area contributed by atoms with Crippen LogP contribution in [0.4, 0.5) is 0 Å². The number of hydrogen-bond acceptors (Lipinski definition) is 4. The molecule has 4 heteroatoms. The molecule has 2 atom stereocenters. The van der Waals surface area contributed by atoms with Crippen LogP contribution in [0.5, 0.6) is 0 Å². The van der Waals surface area contributed by atoms with Crippen LogP contribution >= 0.6 is 0 Å². The highest BCUT2D eigenvalue weighted by molar-refractivity contribution is 5.19. The van der Waals surface area contributed by atoms with Gasteiger partial charge in [-0.2, -0.15) is 0 Å². The van der Waals surface area contributed by atoms with Gasteiger partial charge in [0, 0.05) is 30.1 Å². The molecule has 0 amide bonds. The van der Waals surface area contributed by atoms with E-state index in [1.807, 2.05) is 27.0 Å². The smallest absolute Gasteiger partial charge is 0.157 e. The molecule has 2 N–H and O–H groups in total. The maximum absolute atomic E-state index is 5.82. The summed E-state index contributed by atoms with van der Waals surface area (Å²) in [4.78, 5) is 8.80. The minimum absolute atomic E-state index is 0.00849. The molecule has 1 rings (SSSR count). The van der Waals surface area contributed by atoms with E-state index < -0.39 is 0 Å². The monoisotopic (exact) mass is 223 g/mol. The number of ether oxygens (including phenoxy) is 1. The molecule has 90 valence electrons. The van der Waals surface area contributed by atoms with E-state index in [-0.39, 0.29) is 12.1 Å². The maximum atomic E-state index is 5.82. The Balaban J connectivity index is 2.95. The van der Waals surface area contributed by atoms with Gasteiger partial charge in [-0.05, 0) is 27.2 Å². The van der Waals surface area contributed by atoms with Crippen LogP contribution in [-0.4, -0.2) is 16.6 Å². The lowest BCUT2D eigenvalue weighted by molar-refractivity contribution is 0.0533. The Morgan fingerprint density at radius 2 is 2.12 bits per heavy atom. The van der Waals surface area contributed by atoms with Crippen LogP contribution in [0.2, 0.25) is 0 Å². The highest BCUT2D eigenvalue weighted by Crippen LogP contribution is 2.19. The summed E-state index contributed by atoms with van der Waals surface area (Å²) in [5.74, 6) is 0.756. The van der Waals surface area contributed by atoms with Crippen LogP contribution in [0.1, 0.15) is 56.4 Å². The molecule has 1 aromatic heterocycles. The zero-order valence-electron chi connectivity index (χ0n) is 10.5. The molecule has 1 aromatic rings. The van der Waals surface area contributed by atoms with Gasteiger partial charge < -0.3 is 10.5 Å². The second-order valence-electron chi connectivity index (χ2n) is 3.91. The molecule has 0 spiro atoms. The average molecular weight is 223 g/mol. The van der Waals surface area contributed by atoms with E-state index in [2.05, 4.69) is 16.9 Å². The van der Waals surface area contributed by atoms with Gasteiger partial charge in [0.1, 0.15) is 6.10 Å². The third kappa shape index (κ3) is 3.00. The minimum atomic E-state index is -0.0266. The van der Waals surface area contributed by atoms with Gasteiger partial charge in [0.2, 0.25) is 0 Å². The van der Waals surface area contributed by atoms with E-state index in [1.54, 1.807) is 0 Å². The third-order valence-electron chi connectivity index (χ3n) is 2.55. The molecule has 0 aliphatic carbocycles. The lowest BCUT2D eigenvalue weighted by Crippen LogP contribution is -2.13. The van der Waals surface area contributed by atoms with Gasteiger partial charge >= 0.3 is 0 Å². The molecular weight excluding hydrogens is 202 g/mol. The second-order valence-corrected chi connectivity index (χ2v) is 3.91. The van der Waals surface area contributed by atoms with Crippen molar-refractivity contribution < 1.29 is 4.74 Å². The Hall–Kier alpha value is -1.00. The van der Waals surface area contributed by atoms with E-state index in [1.165, 1.54) is 0 Å². The molecule has 0 aliphatic rings. The van der Waals surface area contributed by atoms with E-state index in [4.69, 9.17) is 10.5 Å². The SMILES string of the molecule is CCOC(CC)c1ncc([C@H](C)N)c(C)n1. The van der Waals surface area contributed by atoms with Crippen molar-refractivity contribution in [2.24, 2.45) is 5.73 Å². The fourth-order valence-corrected chi connectivity index (χ4v) is 1.67. The molecule has 0 fully saturated rings. The highest BCUT2D eigenvalue weighted by atomic mass is 16.5. The predicted octanol–water partition coefficient (Wildman–Crippen LogP) is 2.29. The van der Waals surface area contributed by atoms with Crippen molar-refractivity contribution in [3.05, 3.63) is 23.3 Å². The lowest BCUT2D eigenvalue weighted by Gasteiger charge is -2.15. The van der Waals surface area contributed by atoms with Crippen molar-refractivity contribution in [1.29, 1.82) is 0 Å². The van der Waals surface area contributed by atoms with Gasteiger partial charge in [0.05, 0.1) is 0 Å². The Kier molecular flexibility index (Phi) is 4.83. The first-order chi connectivity index (χ1) is 7.60. The van der Waals surface area contributed by atoms with Gasteiger partial charge in [-0.1, -0.05) is 6.92 Å². The predicted molar refractivity (Wildman–Crippen MR) is 64.0 cm³/mol. The number of nitrogens with zero attached hydrogens (tertiary/aromatic N) is 2. The standard InChI is InChI=1S/C12H21N3O/c1-5-11(16-6-2)12-14-7-10(8(3)13)9(4)15-12/h7-8,11H,5-6,13H2,1-4H3/t8-,11?/m0/s1. The summed E-state index contributed by atoms with van der Waals surface area (Å²) in [5, 5.41) is 0. The Morgan fingerprint density at radius 3 is 2.56 bits per heavy atom. The largest absolute Gasteiger partial charge is 0.371 e. The maximum Gasteiger partial charge on any atom is 0.157 e. The first-order valence-electron chi connectivity index (χ1n) is 5.80. The van der Waals surface area contributed by atoms with Gasteiger partial charge in [-0.15, -0.1) is 0 Å². The summed E-state index contributed by atoms with van der Waals surface area (Å²) in [5.41, 5.74) is 7.76. The van der Waals surface area contributed by atoms with Crippen LogP contribution in [0, 0.1) is 6.92 Å². The summed E-state index contributed by atoms with van der Waals surface area (Å²) >= 11 is 0. The molecule has 0 aliphatic heterocycles. The fourth-order valence-electron chi connectivity index (χ4n) is 1.67. The molecule has 0 radical (unpaired) electrons. The third-order valence-corrected chi connectivity index (χ3v) is 2.55. The number of hydrogen-bond donors (Lipinski definition) is 1. The van der Waals surface area contributed by atoms with Crippen molar-refractivity contribution in [3.8, 4) is 0 Å². The van der Waals surface area contributed by atoms with Crippen molar-refractivity contribution in [1.82, 2.24) is 9.97 Å². The zero-order chi connectivity index (χ0) is 12.1. The van der Waals surface area contributed by atoms with Gasteiger partial charge in [-0.25, -0.2) is 9.97 Å². The molecule has 16 heavy (non-hydrogen) atoms. The van der Waals surface area contributed by atoms with Gasteiger partial charge in [0.15, 0.2) is 5.82 Å². The Labute approximate surface area is 97.2 Å². The summed E-state index contributed by atoms with van der Waals surface area (Å²) in [6, 6.07) is -0.0266. The number of aromatic nitrogens is 2. The molecule has 4 nitrogen and oxygen atoms in total.